The number of rotatable bonds is 8. The summed E-state index contributed by atoms with van der Waals surface area (Å²) >= 11 is 0. The summed E-state index contributed by atoms with van der Waals surface area (Å²) in [6, 6.07) is 0. The summed E-state index contributed by atoms with van der Waals surface area (Å²) in [5, 5.41) is 5.38. The maximum absolute atomic E-state index is 11.7. The zero-order valence-electron chi connectivity index (χ0n) is 11.8. The van der Waals surface area contributed by atoms with Crippen molar-refractivity contribution in [1.29, 1.82) is 0 Å². The van der Waals surface area contributed by atoms with Crippen LogP contribution in [0.1, 0.15) is 58.3 Å². The van der Waals surface area contributed by atoms with Crippen LogP contribution in [0.5, 0.6) is 0 Å². The van der Waals surface area contributed by atoms with Gasteiger partial charge in [0.15, 0.2) is 0 Å². The van der Waals surface area contributed by atoms with Gasteiger partial charge in [-0.15, -0.1) is 0 Å². The minimum atomic E-state index is 0.187. The Morgan fingerprint density at radius 2 is 1.89 bits per heavy atom. The van der Waals surface area contributed by atoms with E-state index in [0.717, 1.165) is 39.0 Å². The van der Waals surface area contributed by atoms with Crippen LogP contribution in [-0.4, -0.2) is 37.1 Å². The second-order valence-corrected chi connectivity index (χ2v) is 5.14. The van der Waals surface area contributed by atoms with Crippen molar-refractivity contribution in [3.05, 3.63) is 0 Å². The van der Waals surface area contributed by atoms with Crippen molar-refractivity contribution in [2.75, 3.05) is 26.2 Å². The highest BCUT2D eigenvalue weighted by Gasteiger charge is 2.10. The first kappa shape index (κ1) is 15.4. The van der Waals surface area contributed by atoms with Gasteiger partial charge in [0.1, 0.15) is 0 Å². The third-order valence-electron chi connectivity index (χ3n) is 3.38. The fourth-order valence-corrected chi connectivity index (χ4v) is 2.26. The average molecular weight is 255 g/mol. The van der Waals surface area contributed by atoms with Gasteiger partial charge in [0.05, 0.1) is 0 Å². The third kappa shape index (κ3) is 7.67. The molecule has 1 amide bonds. The maximum Gasteiger partial charge on any atom is 0.234 e. The van der Waals surface area contributed by atoms with Crippen molar-refractivity contribution in [2.24, 2.45) is 0 Å². The predicted octanol–water partition coefficient (Wildman–Crippen LogP) is 2.06. The van der Waals surface area contributed by atoms with Gasteiger partial charge in [-0.1, -0.05) is 39.0 Å². The maximum atomic E-state index is 11.7. The second-order valence-electron chi connectivity index (χ2n) is 5.14. The number of carbonyl (C=O) groups is 1. The molecule has 0 aromatic carbocycles. The molecule has 0 aromatic rings. The number of carbonyl (C=O) groups excluding carboxylic acids is 1. The number of amides is 1. The molecule has 0 unspecified atom stereocenters. The zero-order chi connectivity index (χ0) is 13.1. The Morgan fingerprint density at radius 3 is 2.72 bits per heavy atom. The minimum Gasteiger partial charge on any atom is -0.315 e. The molecule has 0 atom stereocenters. The first-order chi connectivity index (χ1) is 8.83. The largest absolute Gasteiger partial charge is 0.315 e. The molecule has 0 aromatic heterocycles. The van der Waals surface area contributed by atoms with Crippen LogP contribution in [0, 0.1) is 0 Å². The summed E-state index contributed by atoms with van der Waals surface area (Å²) in [6.45, 7) is 6.14. The summed E-state index contributed by atoms with van der Waals surface area (Å²) < 4.78 is 0. The van der Waals surface area contributed by atoms with Crippen molar-refractivity contribution in [2.45, 2.75) is 58.3 Å². The van der Waals surface area contributed by atoms with E-state index in [1.165, 1.54) is 32.1 Å². The van der Waals surface area contributed by atoms with Crippen molar-refractivity contribution in [3.8, 4) is 0 Å². The zero-order valence-corrected chi connectivity index (χ0v) is 11.8. The van der Waals surface area contributed by atoms with Crippen LogP contribution in [0.3, 0.4) is 0 Å². The van der Waals surface area contributed by atoms with Crippen molar-refractivity contribution in [1.82, 2.24) is 15.8 Å². The van der Waals surface area contributed by atoms with Gasteiger partial charge in [0.2, 0.25) is 5.91 Å². The van der Waals surface area contributed by atoms with Gasteiger partial charge >= 0.3 is 0 Å². The molecule has 1 aliphatic heterocycles. The van der Waals surface area contributed by atoms with E-state index in [-0.39, 0.29) is 5.91 Å². The van der Waals surface area contributed by atoms with Gasteiger partial charge in [-0.3, -0.25) is 10.2 Å². The Balaban J connectivity index is 1.98. The summed E-state index contributed by atoms with van der Waals surface area (Å²) in [6.07, 6.45) is 9.20. The lowest BCUT2D eigenvalue weighted by atomic mass is 10.1. The molecule has 4 nitrogen and oxygen atoms in total. The third-order valence-corrected chi connectivity index (χ3v) is 3.38. The monoisotopic (exact) mass is 255 g/mol. The molecule has 1 heterocycles. The first-order valence-corrected chi connectivity index (χ1v) is 7.58. The number of nitrogens with one attached hydrogen (secondary N) is 2. The lowest BCUT2D eigenvalue weighted by molar-refractivity contribution is -0.126. The van der Waals surface area contributed by atoms with Crippen molar-refractivity contribution >= 4 is 5.91 Å². The van der Waals surface area contributed by atoms with E-state index in [0.29, 0.717) is 6.42 Å². The van der Waals surface area contributed by atoms with Crippen LogP contribution in [-0.2, 0) is 4.79 Å². The lowest BCUT2D eigenvalue weighted by Gasteiger charge is -2.20. The van der Waals surface area contributed by atoms with Crippen LogP contribution in [0.2, 0.25) is 0 Å². The molecule has 0 saturated carbocycles. The Bertz CT molecular complexity index is 213. The highest BCUT2D eigenvalue weighted by molar-refractivity contribution is 5.75. The van der Waals surface area contributed by atoms with Crippen LogP contribution in [0.4, 0.5) is 0 Å². The van der Waals surface area contributed by atoms with Gasteiger partial charge in [-0.2, -0.15) is 0 Å². The Morgan fingerprint density at radius 1 is 1.11 bits per heavy atom. The molecule has 1 saturated heterocycles. The average Bonchev–Trinajstić information content (AvgIpc) is 2.62. The van der Waals surface area contributed by atoms with Gasteiger partial charge in [0.25, 0.3) is 0 Å². The highest BCUT2D eigenvalue weighted by Crippen LogP contribution is 2.06. The molecule has 0 radical (unpaired) electrons. The van der Waals surface area contributed by atoms with Gasteiger partial charge < -0.3 is 5.32 Å². The molecule has 0 bridgehead atoms. The Hall–Kier alpha value is -0.610. The highest BCUT2D eigenvalue weighted by atomic mass is 16.2. The lowest BCUT2D eigenvalue weighted by Crippen LogP contribution is -2.43. The molecule has 4 heteroatoms. The van der Waals surface area contributed by atoms with Crippen LogP contribution < -0.4 is 10.7 Å². The van der Waals surface area contributed by atoms with E-state index in [1.54, 1.807) is 0 Å². The minimum absolute atomic E-state index is 0.187. The molecule has 1 fully saturated rings. The van der Waals surface area contributed by atoms with E-state index in [9.17, 15) is 4.79 Å². The van der Waals surface area contributed by atoms with Gasteiger partial charge in [0, 0.05) is 26.1 Å². The number of nitrogens with zero attached hydrogens (tertiary/aromatic N) is 1. The fraction of sp³-hybridized carbons (Fsp3) is 0.929. The number of unbranched alkanes of at least 4 members (excludes halogenated alkanes) is 5. The van der Waals surface area contributed by atoms with Crippen LogP contribution >= 0.6 is 0 Å². The quantitative estimate of drug-likeness (QED) is 0.653. The molecular formula is C14H29N3O. The molecule has 106 valence electrons. The van der Waals surface area contributed by atoms with Crippen molar-refractivity contribution < 1.29 is 4.79 Å². The van der Waals surface area contributed by atoms with E-state index in [4.69, 9.17) is 0 Å². The van der Waals surface area contributed by atoms with Crippen LogP contribution in [0.25, 0.3) is 0 Å². The second kappa shape index (κ2) is 10.3. The summed E-state index contributed by atoms with van der Waals surface area (Å²) in [5.74, 6) is 0.187. The number of hydrogen-bond acceptors (Lipinski definition) is 3. The Kier molecular flexibility index (Phi) is 8.86. The molecule has 0 aliphatic carbocycles. The van der Waals surface area contributed by atoms with E-state index in [1.807, 2.05) is 0 Å². The number of hydrogen-bond donors (Lipinski definition) is 2. The Labute approximate surface area is 111 Å². The van der Waals surface area contributed by atoms with E-state index < -0.39 is 0 Å². The summed E-state index contributed by atoms with van der Waals surface area (Å²) in [7, 11) is 0. The van der Waals surface area contributed by atoms with Crippen LogP contribution in [0.15, 0.2) is 0 Å². The molecule has 1 aliphatic rings. The molecule has 2 N–H and O–H groups in total. The van der Waals surface area contributed by atoms with Gasteiger partial charge in [-0.25, -0.2) is 5.01 Å². The standard InChI is InChI=1S/C14H29N3O/c1-2-3-4-5-6-7-9-14(18)16-17-12-8-10-15-11-13-17/h15H,2-13H2,1H3,(H,16,18). The topological polar surface area (TPSA) is 44.4 Å². The van der Waals surface area contributed by atoms with E-state index >= 15 is 0 Å². The molecule has 18 heavy (non-hydrogen) atoms. The predicted molar refractivity (Wildman–Crippen MR) is 75.2 cm³/mol. The first-order valence-electron chi connectivity index (χ1n) is 7.58. The van der Waals surface area contributed by atoms with Gasteiger partial charge in [-0.05, 0) is 19.4 Å². The normalized spacial score (nSPS) is 17.4. The van der Waals surface area contributed by atoms with Crippen molar-refractivity contribution in [3.63, 3.8) is 0 Å². The number of hydrazine groups is 1. The summed E-state index contributed by atoms with van der Waals surface area (Å²) in [5.41, 5.74) is 3.02. The fourth-order valence-electron chi connectivity index (χ4n) is 2.26. The smallest absolute Gasteiger partial charge is 0.234 e. The molecule has 0 spiro atoms. The molecule has 1 rings (SSSR count). The van der Waals surface area contributed by atoms with E-state index in [2.05, 4.69) is 22.7 Å². The SMILES string of the molecule is CCCCCCCCC(=O)NN1CCCNCC1. The summed E-state index contributed by atoms with van der Waals surface area (Å²) in [4.78, 5) is 11.7. The molecular weight excluding hydrogens is 226 g/mol.